The number of carbonyl (C=O) groups is 2. The Balaban J connectivity index is 2.16. The van der Waals surface area contributed by atoms with E-state index in [1.807, 2.05) is 25.7 Å². The zero-order chi connectivity index (χ0) is 21.4. The molecule has 3 atom stereocenters. The number of carbonyl (C=O) groups excluding carboxylic acids is 2. The van der Waals surface area contributed by atoms with Crippen molar-refractivity contribution in [1.82, 2.24) is 20.4 Å². The number of amides is 3. The molecule has 0 aromatic rings. The van der Waals surface area contributed by atoms with Crippen LogP contribution in [0, 0.1) is 5.92 Å². The zero-order valence-corrected chi connectivity index (χ0v) is 19.4. The minimum absolute atomic E-state index is 0.0212. The number of nitrogens with zero attached hydrogens (tertiary/aromatic N) is 2. The fourth-order valence-corrected chi connectivity index (χ4v) is 5.07. The lowest BCUT2D eigenvalue weighted by Crippen LogP contribution is -2.59. The molecule has 0 aromatic heterocycles. The van der Waals surface area contributed by atoms with Crippen molar-refractivity contribution in [3.63, 3.8) is 0 Å². The number of unbranched alkanes of at least 4 members (excludes halogenated alkanes) is 4. The standard InChI is InChI=1S/C23H44N4O2/c1-6-8-12-16-24-18(3)26-21(28)23(5,20-14-10-11-15-20)27(22(26)29)19(4)25-17-13-9-7-2/h18-20,24-25H,6-17H2,1-5H3. The Morgan fingerprint density at radius 3 is 1.97 bits per heavy atom. The lowest BCUT2D eigenvalue weighted by molar-refractivity contribution is -0.137. The summed E-state index contributed by atoms with van der Waals surface area (Å²) in [6.45, 7) is 12.1. The summed E-state index contributed by atoms with van der Waals surface area (Å²) in [7, 11) is 0. The van der Waals surface area contributed by atoms with Gasteiger partial charge in [-0.15, -0.1) is 0 Å². The summed E-state index contributed by atoms with van der Waals surface area (Å²) >= 11 is 0. The average molecular weight is 409 g/mol. The van der Waals surface area contributed by atoms with Gasteiger partial charge in [0.15, 0.2) is 0 Å². The smallest absolute Gasteiger partial charge is 0.297 e. The molecule has 6 nitrogen and oxygen atoms in total. The van der Waals surface area contributed by atoms with E-state index in [1.54, 1.807) is 0 Å². The fraction of sp³-hybridized carbons (Fsp3) is 0.913. The highest BCUT2D eigenvalue weighted by Crippen LogP contribution is 2.43. The summed E-state index contributed by atoms with van der Waals surface area (Å²) in [5, 5.41) is 6.92. The van der Waals surface area contributed by atoms with E-state index in [4.69, 9.17) is 0 Å². The van der Waals surface area contributed by atoms with Crippen LogP contribution in [0.15, 0.2) is 0 Å². The van der Waals surface area contributed by atoms with Gasteiger partial charge in [0, 0.05) is 0 Å². The number of hydrogen-bond donors (Lipinski definition) is 2. The highest BCUT2D eigenvalue weighted by Gasteiger charge is 2.60. The molecule has 1 saturated carbocycles. The summed E-state index contributed by atoms with van der Waals surface area (Å²) in [5.74, 6) is 0.225. The van der Waals surface area contributed by atoms with Gasteiger partial charge in [0.25, 0.3) is 5.91 Å². The molecule has 1 saturated heterocycles. The van der Waals surface area contributed by atoms with Crippen molar-refractivity contribution in [3.8, 4) is 0 Å². The van der Waals surface area contributed by atoms with E-state index in [0.717, 1.165) is 64.5 Å². The minimum atomic E-state index is -0.746. The third-order valence-electron chi connectivity index (χ3n) is 6.93. The first-order valence-corrected chi connectivity index (χ1v) is 12.0. The molecule has 0 bridgehead atoms. The average Bonchev–Trinajstić information content (AvgIpc) is 3.29. The van der Waals surface area contributed by atoms with Gasteiger partial charge in [-0.05, 0) is 65.5 Å². The van der Waals surface area contributed by atoms with Crippen molar-refractivity contribution >= 4 is 11.9 Å². The Kier molecular flexibility index (Phi) is 9.41. The van der Waals surface area contributed by atoms with Crippen LogP contribution in [0.25, 0.3) is 0 Å². The number of urea groups is 1. The number of imide groups is 1. The largest absolute Gasteiger partial charge is 0.330 e. The first-order chi connectivity index (χ1) is 13.9. The lowest BCUT2D eigenvalue weighted by atomic mass is 9.82. The van der Waals surface area contributed by atoms with Crippen LogP contribution in [0.5, 0.6) is 0 Å². The van der Waals surface area contributed by atoms with E-state index in [2.05, 4.69) is 24.5 Å². The van der Waals surface area contributed by atoms with Crippen LogP contribution in [0.2, 0.25) is 0 Å². The maximum absolute atomic E-state index is 13.6. The van der Waals surface area contributed by atoms with E-state index in [1.165, 1.54) is 17.7 Å². The molecule has 2 rings (SSSR count). The highest BCUT2D eigenvalue weighted by atomic mass is 16.2. The summed E-state index contributed by atoms with van der Waals surface area (Å²) in [5.41, 5.74) is -0.746. The van der Waals surface area contributed by atoms with Gasteiger partial charge in [-0.2, -0.15) is 0 Å². The van der Waals surface area contributed by atoms with E-state index >= 15 is 0 Å². The van der Waals surface area contributed by atoms with Crippen LogP contribution in [0.3, 0.4) is 0 Å². The maximum atomic E-state index is 13.6. The molecule has 2 N–H and O–H groups in total. The Labute approximate surface area is 178 Å². The van der Waals surface area contributed by atoms with Gasteiger partial charge in [0.05, 0.1) is 12.3 Å². The van der Waals surface area contributed by atoms with Crippen molar-refractivity contribution < 1.29 is 9.59 Å². The summed E-state index contributed by atoms with van der Waals surface area (Å²) in [6.07, 6.45) is 10.8. The van der Waals surface area contributed by atoms with Gasteiger partial charge in [0.1, 0.15) is 5.54 Å². The first kappa shape index (κ1) is 24.1. The molecule has 0 spiro atoms. The van der Waals surface area contributed by atoms with E-state index in [-0.39, 0.29) is 30.2 Å². The maximum Gasteiger partial charge on any atom is 0.330 e. The third-order valence-corrected chi connectivity index (χ3v) is 6.93. The van der Waals surface area contributed by atoms with Crippen molar-refractivity contribution in [3.05, 3.63) is 0 Å². The van der Waals surface area contributed by atoms with Crippen LogP contribution in [-0.2, 0) is 4.79 Å². The number of hydrogen-bond acceptors (Lipinski definition) is 4. The second kappa shape index (κ2) is 11.3. The molecule has 0 radical (unpaired) electrons. The summed E-state index contributed by atoms with van der Waals surface area (Å²) in [4.78, 5) is 30.5. The predicted octanol–water partition coefficient (Wildman–Crippen LogP) is 4.45. The van der Waals surface area contributed by atoms with Crippen molar-refractivity contribution in [2.24, 2.45) is 5.92 Å². The van der Waals surface area contributed by atoms with E-state index in [0.29, 0.717) is 0 Å². The lowest BCUT2D eigenvalue weighted by Gasteiger charge is -2.40. The Morgan fingerprint density at radius 1 is 0.931 bits per heavy atom. The molecule has 2 fully saturated rings. The number of nitrogens with one attached hydrogen (secondary N) is 2. The molecule has 3 amide bonds. The molecule has 6 heteroatoms. The third kappa shape index (κ3) is 5.32. The Hall–Kier alpha value is -1.14. The van der Waals surface area contributed by atoms with Crippen molar-refractivity contribution in [2.75, 3.05) is 13.1 Å². The van der Waals surface area contributed by atoms with Crippen LogP contribution in [0.4, 0.5) is 4.79 Å². The molecule has 1 aliphatic heterocycles. The summed E-state index contributed by atoms with van der Waals surface area (Å²) < 4.78 is 0. The van der Waals surface area contributed by atoms with Gasteiger partial charge < -0.3 is 0 Å². The van der Waals surface area contributed by atoms with Gasteiger partial charge in [-0.3, -0.25) is 20.3 Å². The summed E-state index contributed by atoms with van der Waals surface area (Å²) in [6, 6.07) is -0.143. The monoisotopic (exact) mass is 408 g/mol. The predicted molar refractivity (Wildman–Crippen MR) is 118 cm³/mol. The van der Waals surface area contributed by atoms with Gasteiger partial charge >= 0.3 is 6.03 Å². The Morgan fingerprint density at radius 2 is 1.45 bits per heavy atom. The SMILES string of the molecule is CCCCCNC(C)N1C(=O)N(C(C)NCCCCC)C(C)(C2CCCC2)C1=O. The molecular formula is C23H44N4O2. The normalized spacial score (nSPS) is 25.3. The Bertz CT molecular complexity index is 535. The quantitative estimate of drug-likeness (QED) is 0.349. The van der Waals surface area contributed by atoms with E-state index < -0.39 is 5.54 Å². The van der Waals surface area contributed by atoms with Gasteiger partial charge in [-0.1, -0.05) is 52.4 Å². The van der Waals surface area contributed by atoms with Crippen LogP contribution >= 0.6 is 0 Å². The number of rotatable bonds is 13. The fourth-order valence-electron chi connectivity index (χ4n) is 5.07. The van der Waals surface area contributed by atoms with Gasteiger partial charge in [-0.25, -0.2) is 9.69 Å². The molecule has 1 aliphatic carbocycles. The van der Waals surface area contributed by atoms with Crippen molar-refractivity contribution in [2.45, 2.75) is 117 Å². The molecular weight excluding hydrogens is 364 g/mol. The molecule has 168 valence electrons. The second-order valence-corrected chi connectivity index (χ2v) is 9.13. The molecule has 1 heterocycles. The molecule has 29 heavy (non-hydrogen) atoms. The van der Waals surface area contributed by atoms with Crippen LogP contribution < -0.4 is 10.6 Å². The molecule has 0 aromatic carbocycles. The zero-order valence-electron chi connectivity index (χ0n) is 19.4. The topological polar surface area (TPSA) is 64.7 Å². The first-order valence-electron chi connectivity index (χ1n) is 12.0. The van der Waals surface area contributed by atoms with E-state index in [9.17, 15) is 9.59 Å². The second-order valence-electron chi connectivity index (χ2n) is 9.13. The van der Waals surface area contributed by atoms with Crippen LogP contribution in [-0.4, -0.2) is 52.7 Å². The highest BCUT2D eigenvalue weighted by molar-refractivity contribution is 6.07. The van der Waals surface area contributed by atoms with Crippen molar-refractivity contribution in [1.29, 1.82) is 0 Å². The molecule has 3 unspecified atom stereocenters. The molecule has 2 aliphatic rings. The van der Waals surface area contributed by atoms with Gasteiger partial charge in [0.2, 0.25) is 0 Å². The minimum Gasteiger partial charge on any atom is -0.297 e. The van der Waals surface area contributed by atoms with Crippen LogP contribution in [0.1, 0.15) is 98.8 Å².